The van der Waals surface area contributed by atoms with Crippen molar-refractivity contribution >= 4 is 28.8 Å². The normalized spacial score (nSPS) is 9.86. The number of nitrogens with two attached hydrogens (primary N) is 1. The highest BCUT2D eigenvalue weighted by molar-refractivity contribution is 7.10. The summed E-state index contributed by atoms with van der Waals surface area (Å²) in [6.45, 7) is 2.65. The monoisotopic (exact) mass is 318 g/mol. The van der Waals surface area contributed by atoms with Crippen molar-refractivity contribution < 1.29 is 4.79 Å². The van der Waals surface area contributed by atoms with Crippen LogP contribution in [0.2, 0.25) is 5.02 Å². The van der Waals surface area contributed by atoms with Gasteiger partial charge in [-0.05, 0) is 36.1 Å². The third-order valence-corrected chi connectivity index (χ3v) is 4.08. The van der Waals surface area contributed by atoms with Crippen molar-refractivity contribution in [2.75, 3.05) is 6.54 Å². The van der Waals surface area contributed by atoms with Crippen LogP contribution in [0.15, 0.2) is 29.6 Å². The highest BCUT2D eigenvalue weighted by atomic mass is 35.5. The molecule has 0 atom stereocenters. The van der Waals surface area contributed by atoms with Gasteiger partial charge in [0, 0.05) is 21.0 Å². The summed E-state index contributed by atoms with van der Waals surface area (Å²) in [6, 6.07) is 7.21. The third kappa shape index (κ3) is 4.08. The van der Waals surface area contributed by atoms with Crippen LogP contribution in [0, 0.1) is 18.8 Å². The third-order valence-electron chi connectivity index (χ3n) is 2.92. The second-order valence-electron chi connectivity index (χ2n) is 4.41. The van der Waals surface area contributed by atoms with Crippen molar-refractivity contribution in [3.8, 4) is 11.8 Å². The second kappa shape index (κ2) is 7.28. The predicted molar refractivity (Wildman–Crippen MR) is 87.6 cm³/mol. The fourth-order valence-corrected chi connectivity index (χ4v) is 2.77. The maximum atomic E-state index is 12.2. The molecule has 0 aliphatic rings. The molecule has 0 saturated carbocycles. The first-order valence-electron chi connectivity index (χ1n) is 6.41. The van der Waals surface area contributed by atoms with Crippen LogP contribution in [0.1, 0.15) is 26.4 Å². The molecule has 5 heteroatoms. The summed E-state index contributed by atoms with van der Waals surface area (Å²) in [5, 5.41) is 5.40. The van der Waals surface area contributed by atoms with Crippen molar-refractivity contribution in [2.45, 2.75) is 13.5 Å². The van der Waals surface area contributed by atoms with Crippen molar-refractivity contribution in [1.82, 2.24) is 5.32 Å². The molecule has 108 valence electrons. The molecule has 0 saturated heterocycles. The van der Waals surface area contributed by atoms with Crippen molar-refractivity contribution in [3.63, 3.8) is 0 Å². The summed E-state index contributed by atoms with van der Waals surface area (Å²) < 4.78 is 0. The minimum atomic E-state index is -0.138. The Labute approximate surface area is 133 Å². The van der Waals surface area contributed by atoms with Gasteiger partial charge in [-0.2, -0.15) is 0 Å². The summed E-state index contributed by atoms with van der Waals surface area (Å²) in [6.07, 6.45) is 0. The van der Waals surface area contributed by atoms with E-state index in [9.17, 15) is 4.79 Å². The van der Waals surface area contributed by atoms with Crippen LogP contribution < -0.4 is 11.1 Å². The number of thiophene rings is 1. The summed E-state index contributed by atoms with van der Waals surface area (Å²) in [4.78, 5) is 13.2. The van der Waals surface area contributed by atoms with Gasteiger partial charge >= 0.3 is 0 Å². The summed E-state index contributed by atoms with van der Waals surface area (Å²) in [5.74, 6) is 5.68. The van der Waals surface area contributed by atoms with E-state index in [1.165, 1.54) is 0 Å². The number of carbonyl (C=O) groups is 1. The molecule has 1 aromatic heterocycles. The average Bonchev–Trinajstić information content (AvgIpc) is 2.92. The number of carbonyl (C=O) groups excluding carboxylic acids is 1. The van der Waals surface area contributed by atoms with Gasteiger partial charge in [0.25, 0.3) is 5.91 Å². The average molecular weight is 319 g/mol. The highest BCUT2D eigenvalue weighted by Gasteiger charge is 2.10. The lowest BCUT2D eigenvalue weighted by Gasteiger charge is -2.07. The zero-order valence-corrected chi connectivity index (χ0v) is 13.1. The Kier molecular flexibility index (Phi) is 5.40. The van der Waals surface area contributed by atoms with Gasteiger partial charge in [0.2, 0.25) is 0 Å². The van der Waals surface area contributed by atoms with Crippen molar-refractivity contribution in [1.29, 1.82) is 0 Å². The van der Waals surface area contributed by atoms with Gasteiger partial charge in [-0.25, -0.2) is 0 Å². The lowest BCUT2D eigenvalue weighted by atomic mass is 10.1. The van der Waals surface area contributed by atoms with Crippen LogP contribution in [0.5, 0.6) is 0 Å². The number of halogens is 1. The minimum absolute atomic E-state index is 0.138. The predicted octanol–water partition coefficient (Wildman–Crippen LogP) is 2.95. The van der Waals surface area contributed by atoms with E-state index in [2.05, 4.69) is 17.2 Å². The zero-order valence-electron chi connectivity index (χ0n) is 11.6. The Hall–Kier alpha value is -1.80. The number of nitrogens with one attached hydrogen (secondary N) is 1. The molecule has 0 radical (unpaired) electrons. The van der Waals surface area contributed by atoms with E-state index in [4.69, 9.17) is 17.3 Å². The van der Waals surface area contributed by atoms with Gasteiger partial charge in [0.15, 0.2) is 0 Å². The van der Waals surface area contributed by atoms with E-state index in [0.29, 0.717) is 23.7 Å². The first-order valence-corrected chi connectivity index (χ1v) is 7.67. The number of rotatable bonds is 3. The Balaban J connectivity index is 2.08. The maximum absolute atomic E-state index is 12.2. The van der Waals surface area contributed by atoms with Crippen LogP contribution in [-0.2, 0) is 6.54 Å². The molecule has 1 amide bonds. The molecule has 0 aliphatic carbocycles. The smallest absolute Gasteiger partial charge is 0.251 e. The van der Waals surface area contributed by atoms with Gasteiger partial charge in [-0.3, -0.25) is 4.79 Å². The topological polar surface area (TPSA) is 55.1 Å². The molecule has 2 aromatic rings. The molecule has 0 unspecified atom stereocenters. The van der Waals surface area contributed by atoms with E-state index in [1.54, 1.807) is 23.5 Å². The molecule has 0 spiro atoms. The largest absolute Gasteiger partial charge is 0.347 e. The van der Waals surface area contributed by atoms with Gasteiger partial charge in [0.1, 0.15) is 0 Å². The molecule has 0 aliphatic heterocycles. The van der Waals surface area contributed by atoms with Crippen LogP contribution in [0.4, 0.5) is 0 Å². The van der Waals surface area contributed by atoms with E-state index < -0.39 is 0 Å². The molecule has 2 rings (SSSR count). The molecule has 0 bridgehead atoms. The number of benzene rings is 1. The zero-order chi connectivity index (χ0) is 15.2. The van der Waals surface area contributed by atoms with E-state index in [1.807, 2.05) is 24.4 Å². The van der Waals surface area contributed by atoms with E-state index in [0.717, 1.165) is 16.0 Å². The SMILES string of the molecule is Cc1ccc(Cl)cc1C(=O)NCc1sccc1C#CCN. The van der Waals surface area contributed by atoms with E-state index in [-0.39, 0.29) is 5.91 Å². The molecule has 0 fully saturated rings. The number of amides is 1. The summed E-state index contributed by atoms with van der Waals surface area (Å²) in [5.41, 5.74) is 7.77. The van der Waals surface area contributed by atoms with Crippen LogP contribution in [0.3, 0.4) is 0 Å². The number of aryl methyl sites for hydroxylation is 1. The van der Waals surface area contributed by atoms with Crippen molar-refractivity contribution in [2.24, 2.45) is 5.73 Å². The first-order chi connectivity index (χ1) is 10.1. The fraction of sp³-hybridized carbons (Fsp3) is 0.188. The lowest BCUT2D eigenvalue weighted by molar-refractivity contribution is 0.0950. The van der Waals surface area contributed by atoms with Gasteiger partial charge < -0.3 is 11.1 Å². The Morgan fingerprint density at radius 1 is 1.43 bits per heavy atom. The summed E-state index contributed by atoms with van der Waals surface area (Å²) in [7, 11) is 0. The van der Waals surface area contributed by atoms with Crippen LogP contribution in [0.25, 0.3) is 0 Å². The molecule has 1 heterocycles. The van der Waals surface area contributed by atoms with Crippen molar-refractivity contribution in [3.05, 3.63) is 56.2 Å². The Morgan fingerprint density at radius 2 is 2.24 bits per heavy atom. The van der Waals surface area contributed by atoms with Gasteiger partial charge in [0.05, 0.1) is 13.1 Å². The minimum Gasteiger partial charge on any atom is -0.347 e. The molecular weight excluding hydrogens is 304 g/mol. The van der Waals surface area contributed by atoms with Crippen LogP contribution in [-0.4, -0.2) is 12.5 Å². The number of hydrogen-bond donors (Lipinski definition) is 2. The molecule has 1 aromatic carbocycles. The van der Waals surface area contributed by atoms with E-state index >= 15 is 0 Å². The Morgan fingerprint density at radius 3 is 3.00 bits per heavy atom. The molecular formula is C16H15ClN2OS. The Bertz CT molecular complexity index is 713. The molecule has 21 heavy (non-hydrogen) atoms. The molecule has 3 N–H and O–H groups in total. The lowest BCUT2D eigenvalue weighted by Crippen LogP contribution is -2.23. The molecule has 3 nitrogen and oxygen atoms in total. The quantitative estimate of drug-likeness (QED) is 0.855. The maximum Gasteiger partial charge on any atom is 0.251 e. The first kappa shape index (κ1) is 15.6. The fourth-order valence-electron chi connectivity index (χ4n) is 1.83. The second-order valence-corrected chi connectivity index (χ2v) is 5.84. The number of hydrogen-bond acceptors (Lipinski definition) is 3. The van der Waals surface area contributed by atoms with Crippen LogP contribution >= 0.6 is 22.9 Å². The summed E-state index contributed by atoms with van der Waals surface area (Å²) >= 11 is 7.50. The highest BCUT2D eigenvalue weighted by Crippen LogP contribution is 2.17. The van der Waals surface area contributed by atoms with Gasteiger partial charge in [-0.15, -0.1) is 11.3 Å². The van der Waals surface area contributed by atoms with Gasteiger partial charge in [-0.1, -0.05) is 29.5 Å². The standard InChI is InChI=1S/C16H15ClN2OS/c1-11-4-5-13(17)9-14(11)16(20)19-10-15-12(3-2-7-18)6-8-21-15/h4-6,8-9H,7,10,18H2,1H3,(H,19,20).